The van der Waals surface area contributed by atoms with E-state index in [1.54, 1.807) is 0 Å². The Kier molecular flexibility index (Phi) is 5.26. The van der Waals surface area contributed by atoms with E-state index < -0.39 is 0 Å². The van der Waals surface area contributed by atoms with Crippen LogP contribution in [-0.2, 0) is 0 Å². The first-order chi connectivity index (χ1) is 9.33. The predicted molar refractivity (Wildman–Crippen MR) is 81.6 cm³/mol. The Morgan fingerprint density at radius 1 is 1.11 bits per heavy atom. The number of benzene rings is 2. The van der Waals surface area contributed by atoms with E-state index in [-0.39, 0.29) is 0 Å². The second-order valence-electron chi connectivity index (χ2n) is 5.08. The molecule has 1 heteroatoms. The van der Waals surface area contributed by atoms with E-state index in [2.05, 4.69) is 44.2 Å². The van der Waals surface area contributed by atoms with Gasteiger partial charge in [0.25, 0.3) is 0 Å². The quantitative estimate of drug-likeness (QED) is 0.604. The van der Waals surface area contributed by atoms with Crippen LogP contribution in [-0.4, -0.2) is 6.10 Å². The van der Waals surface area contributed by atoms with E-state index in [1.165, 1.54) is 30.0 Å². The maximum Gasteiger partial charge on any atom is 0.120 e. The molecule has 1 nitrogen and oxygen atoms in total. The van der Waals surface area contributed by atoms with Crippen LogP contribution in [0.5, 0.6) is 5.75 Å². The number of ether oxygens (including phenoxy) is 1. The minimum Gasteiger partial charge on any atom is -0.490 e. The lowest BCUT2D eigenvalue weighted by Gasteiger charge is -2.17. The Hall–Kier alpha value is -1.50. The lowest BCUT2D eigenvalue weighted by molar-refractivity contribution is 0.183. The number of fused-ring (bicyclic) bond motifs is 1. The molecule has 19 heavy (non-hydrogen) atoms. The first-order valence-electron chi connectivity index (χ1n) is 7.40. The Bertz CT molecular complexity index is 504. The molecule has 0 spiro atoms. The van der Waals surface area contributed by atoms with Gasteiger partial charge in [0, 0.05) is 0 Å². The first-order valence-corrected chi connectivity index (χ1v) is 7.40. The lowest BCUT2D eigenvalue weighted by Crippen LogP contribution is -2.15. The standard InChI is InChI=1S/C18H23O/c1-3-5-6-11-17(4-2)19-18-13-12-15-9-7-8-10-16(15)14-18/h8-10,12-14,17H,3-6,11H2,1-2H3. The van der Waals surface area contributed by atoms with Gasteiger partial charge in [-0.1, -0.05) is 44.9 Å². The third-order valence-corrected chi connectivity index (χ3v) is 3.54. The summed E-state index contributed by atoms with van der Waals surface area (Å²) in [7, 11) is 0. The van der Waals surface area contributed by atoms with Crippen molar-refractivity contribution in [3.63, 3.8) is 0 Å². The highest BCUT2D eigenvalue weighted by Gasteiger charge is 2.08. The number of unbranched alkanes of at least 4 members (excludes halogenated alkanes) is 2. The van der Waals surface area contributed by atoms with Crippen LogP contribution >= 0.6 is 0 Å². The summed E-state index contributed by atoms with van der Waals surface area (Å²) in [5, 5.41) is 2.44. The van der Waals surface area contributed by atoms with Crippen LogP contribution < -0.4 is 4.74 Å². The smallest absolute Gasteiger partial charge is 0.120 e. The molecule has 0 saturated carbocycles. The van der Waals surface area contributed by atoms with Crippen LogP contribution in [0.2, 0.25) is 0 Å². The molecular weight excluding hydrogens is 232 g/mol. The van der Waals surface area contributed by atoms with E-state index >= 15 is 0 Å². The van der Waals surface area contributed by atoms with E-state index in [0.29, 0.717) is 6.10 Å². The van der Waals surface area contributed by atoms with Gasteiger partial charge in [-0.3, -0.25) is 0 Å². The summed E-state index contributed by atoms with van der Waals surface area (Å²) in [6.07, 6.45) is 6.41. The monoisotopic (exact) mass is 255 g/mol. The minimum atomic E-state index is 0.347. The van der Waals surface area contributed by atoms with Gasteiger partial charge in [-0.2, -0.15) is 0 Å². The molecule has 2 aromatic rings. The predicted octanol–water partition coefficient (Wildman–Crippen LogP) is 5.38. The molecule has 0 fully saturated rings. The van der Waals surface area contributed by atoms with Gasteiger partial charge in [0.2, 0.25) is 0 Å². The van der Waals surface area contributed by atoms with Crippen LogP contribution in [0.25, 0.3) is 10.8 Å². The second-order valence-corrected chi connectivity index (χ2v) is 5.08. The molecule has 101 valence electrons. The summed E-state index contributed by atoms with van der Waals surface area (Å²) in [4.78, 5) is 0. The van der Waals surface area contributed by atoms with Crippen molar-refractivity contribution in [1.82, 2.24) is 0 Å². The molecule has 0 N–H and O–H groups in total. The topological polar surface area (TPSA) is 9.23 Å². The minimum absolute atomic E-state index is 0.347. The van der Waals surface area contributed by atoms with E-state index in [0.717, 1.165) is 18.6 Å². The van der Waals surface area contributed by atoms with Crippen molar-refractivity contribution in [3.8, 4) is 5.75 Å². The van der Waals surface area contributed by atoms with E-state index in [9.17, 15) is 0 Å². The normalized spacial score (nSPS) is 12.5. The van der Waals surface area contributed by atoms with Gasteiger partial charge < -0.3 is 4.74 Å². The lowest BCUT2D eigenvalue weighted by atomic mass is 10.1. The van der Waals surface area contributed by atoms with Crippen molar-refractivity contribution >= 4 is 10.8 Å². The van der Waals surface area contributed by atoms with Gasteiger partial charge in [0.1, 0.15) is 5.75 Å². The summed E-state index contributed by atoms with van der Waals surface area (Å²) >= 11 is 0. The molecule has 1 unspecified atom stereocenters. The zero-order valence-electron chi connectivity index (χ0n) is 12.0. The molecule has 0 aliphatic rings. The van der Waals surface area contributed by atoms with Crippen molar-refractivity contribution in [3.05, 3.63) is 42.5 Å². The molecule has 0 amide bonds. The fourth-order valence-corrected chi connectivity index (χ4v) is 2.34. The maximum atomic E-state index is 6.11. The van der Waals surface area contributed by atoms with Gasteiger partial charge in [-0.15, -0.1) is 0 Å². The molecule has 0 aromatic heterocycles. The van der Waals surface area contributed by atoms with Crippen molar-refractivity contribution in [2.45, 2.75) is 52.1 Å². The van der Waals surface area contributed by atoms with Crippen molar-refractivity contribution < 1.29 is 4.74 Å². The van der Waals surface area contributed by atoms with E-state index in [1.807, 2.05) is 12.1 Å². The Labute approximate surface area is 116 Å². The van der Waals surface area contributed by atoms with Crippen LogP contribution in [0, 0.1) is 6.07 Å². The average Bonchev–Trinajstić information content (AvgIpc) is 2.46. The van der Waals surface area contributed by atoms with Crippen LogP contribution in [0.1, 0.15) is 46.0 Å². The van der Waals surface area contributed by atoms with Crippen LogP contribution in [0.4, 0.5) is 0 Å². The Balaban J connectivity index is 2.02. The summed E-state index contributed by atoms with van der Waals surface area (Å²) in [5.41, 5.74) is 0. The van der Waals surface area contributed by atoms with Crippen LogP contribution in [0.15, 0.2) is 36.4 Å². The zero-order chi connectivity index (χ0) is 13.5. The SMILES string of the molecule is CCCCCC(CC)Oc1ccc2c[c]ccc2c1. The van der Waals surface area contributed by atoms with Gasteiger partial charge in [0.15, 0.2) is 0 Å². The molecule has 0 aliphatic heterocycles. The molecular formula is C18H23O. The summed E-state index contributed by atoms with van der Waals surface area (Å²) in [6.45, 7) is 4.44. The highest BCUT2D eigenvalue weighted by molar-refractivity contribution is 5.83. The molecule has 0 heterocycles. The summed E-state index contributed by atoms with van der Waals surface area (Å²) in [6, 6.07) is 15.5. The fraction of sp³-hybridized carbons (Fsp3) is 0.444. The molecule has 2 rings (SSSR count). The molecule has 1 radical (unpaired) electrons. The third kappa shape index (κ3) is 3.99. The van der Waals surface area contributed by atoms with Crippen molar-refractivity contribution in [2.24, 2.45) is 0 Å². The number of rotatable bonds is 7. The summed E-state index contributed by atoms with van der Waals surface area (Å²) in [5.74, 6) is 0.988. The summed E-state index contributed by atoms with van der Waals surface area (Å²) < 4.78 is 6.11. The number of hydrogen-bond donors (Lipinski definition) is 0. The zero-order valence-corrected chi connectivity index (χ0v) is 12.0. The van der Waals surface area contributed by atoms with Crippen molar-refractivity contribution in [2.75, 3.05) is 0 Å². The largest absolute Gasteiger partial charge is 0.490 e. The van der Waals surface area contributed by atoms with Gasteiger partial charge in [-0.25, -0.2) is 0 Å². The van der Waals surface area contributed by atoms with E-state index in [4.69, 9.17) is 4.74 Å². The molecule has 0 bridgehead atoms. The first kappa shape index (κ1) is 13.9. The Morgan fingerprint density at radius 3 is 2.79 bits per heavy atom. The highest BCUT2D eigenvalue weighted by Crippen LogP contribution is 2.23. The van der Waals surface area contributed by atoms with Gasteiger partial charge in [-0.05, 0) is 54.3 Å². The highest BCUT2D eigenvalue weighted by atomic mass is 16.5. The molecule has 0 saturated heterocycles. The molecule has 1 atom stereocenters. The van der Waals surface area contributed by atoms with Gasteiger partial charge >= 0.3 is 0 Å². The average molecular weight is 255 g/mol. The molecule has 2 aromatic carbocycles. The molecule has 0 aliphatic carbocycles. The third-order valence-electron chi connectivity index (χ3n) is 3.54. The van der Waals surface area contributed by atoms with Gasteiger partial charge in [0.05, 0.1) is 6.10 Å². The fourth-order valence-electron chi connectivity index (χ4n) is 2.34. The second kappa shape index (κ2) is 7.18. The maximum absolute atomic E-state index is 6.11. The number of hydrogen-bond acceptors (Lipinski definition) is 1. The Morgan fingerprint density at radius 2 is 2.00 bits per heavy atom. The van der Waals surface area contributed by atoms with Crippen LogP contribution in [0.3, 0.4) is 0 Å². The van der Waals surface area contributed by atoms with Crippen molar-refractivity contribution in [1.29, 1.82) is 0 Å².